The molecule has 120 valence electrons. The summed E-state index contributed by atoms with van der Waals surface area (Å²) < 4.78 is 1.99. The minimum Gasteiger partial charge on any atom is -0.303 e. The van der Waals surface area contributed by atoms with E-state index in [4.69, 9.17) is 5.10 Å². The van der Waals surface area contributed by atoms with Crippen LogP contribution in [0.25, 0.3) is 10.9 Å². The summed E-state index contributed by atoms with van der Waals surface area (Å²) in [5, 5.41) is 5.85. The summed E-state index contributed by atoms with van der Waals surface area (Å²) in [6.45, 7) is 6.44. The average Bonchev–Trinajstić information content (AvgIpc) is 2.98. The van der Waals surface area contributed by atoms with Crippen LogP contribution in [-0.2, 0) is 13.0 Å². The largest absolute Gasteiger partial charge is 0.303 e. The Morgan fingerprint density at radius 2 is 2.09 bits per heavy atom. The number of ketones is 1. The van der Waals surface area contributed by atoms with Crippen molar-refractivity contribution in [2.24, 2.45) is 17.8 Å². The third-order valence-corrected chi connectivity index (χ3v) is 6.27. The molecule has 4 aliphatic rings. The second-order valence-electron chi connectivity index (χ2n) is 7.32. The molecule has 6 rings (SSSR count). The van der Waals surface area contributed by atoms with Crippen molar-refractivity contribution in [2.75, 3.05) is 19.6 Å². The number of nitrogens with zero attached hydrogens (tertiary/aromatic N) is 4. The minimum absolute atomic E-state index is 0.100. The van der Waals surface area contributed by atoms with Crippen molar-refractivity contribution in [3.05, 3.63) is 23.7 Å². The Morgan fingerprint density at radius 1 is 1.26 bits per heavy atom. The van der Waals surface area contributed by atoms with E-state index < -0.39 is 0 Å². The highest BCUT2D eigenvalue weighted by atomic mass is 16.1. The standard InChI is InChI=1S/C18H22N4O/c1-2-22-16-9-19-8-13-17(16)15(20-22)7-12(18(13)23)14-10-21-5-3-11(14)4-6-21/h8-9,11-12,14H,2-7,10H2,1H3/t12-,14?/m1/s1. The van der Waals surface area contributed by atoms with Gasteiger partial charge in [0.2, 0.25) is 0 Å². The second-order valence-corrected chi connectivity index (χ2v) is 7.32. The van der Waals surface area contributed by atoms with Crippen molar-refractivity contribution in [3.8, 4) is 0 Å². The van der Waals surface area contributed by atoms with Gasteiger partial charge in [0.25, 0.3) is 0 Å². The summed E-state index contributed by atoms with van der Waals surface area (Å²) in [6.07, 6.45) is 6.94. The number of hydrogen-bond acceptors (Lipinski definition) is 4. The van der Waals surface area contributed by atoms with Crippen LogP contribution in [0.3, 0.4) is 0 Å². The lowest BCUT2D eigenvalue weighted by molar-refractivity contribution is 0.0192. The zero-order chi connectivity index (χ0) is 15.6. The van der Waals surface area contributed by atoms with Gasteiger partial charge in [-0.15, -0.1) is 0 Å². The van der Waals surface area contributed by atoms with Crippen LogP contribution in [-0.4, -0.2) is 45.1 Å². The van der Waals surface area contributed by atoms with E-state index in [2.05, 4.69) is 16.8 Å². The van der Waals surface area contributed by atoms with Crippen LogP contribution in [0, 0.1) is 17.8 Å². The quantitative estimate of drug-likeness (QED) is 0.853. The van der Waals surface area contributed by atoms with Crippen LogP contribution in [0.1, 0.15) is 35.8 Å². The normalized spacial score (nSPS) is 32.7. The molecular formula is C18H22N4O. The first kappa shape index (κ1) is 13.7. The molecule has 2 bridgehead atoms. The molecular weight excluding hydrogens is 288 g/mol. The molecule has 5 nitrogen and oxygen atoms in total. The number of Topliss-reactive ketones (excluding diaryl/α,β-unsaturated/α-hetero) is 1. The molecule has 0 saturated carbocycles. The Hall–Kier alpha value is -1.75. The van der Waals surface area contributed by atoms with Crippen molar-refractivity contribution in [3.63, 3.8) is 0 Å². The number of fused-ring (bicyclic) bond motifs is 3. The van der Waals surface area contributed by atoms with Crippen molar-refractivity contribution >= 4 is 16.7 Å². The number of hydrogen-bond donors (Lipinski definition) is 0. The van der Waals surface area contributed by atoms with Crippen LogP contribution < -0.4 is 0 Å². The highest BCUT2D eigenvalue weighted by Crippen LogP contribution is 2.42. The van der Waals surface area contributed by atoms with Crippen molar-refractivity contribution < 1.29 is 4.79 Å². The molecule has 0 N–H and O–H groups in total. The van der Waals surface area contributed by atoms with Crippen LogP contribution >= 0.6 is 0 Å². The molecule has 5 heterocycles. The maximum absolute atomic E-state index is 13.2. The molecule has 5 heteroatoms. The highest BCUT2D eigenvalue weighted by Gasteiger charge is 2.44. The fraction of sp³-hybridized carbons (Fsp3) is 0.611. The number of aromatic nitrogens is 3. The fourth-order valence-electron chi connectivity index (χ4n) is 5.08. The van der Waals surface area contributed by atoms with Crippen LogP contribution in [0.5, 0.6) is 0 Å². The summed E-state index contributed by atoms with van der Waals surface area (Å²) in [5.41, 5.74) is 2.94. The maximum Gasteiger partial charge on any atom is 0.168 e. The topological polar surface area (TPSA) is 51.0 Å². The molecule has 0 aromatic carbocycles. The summed E-state index contributed by atoms with van der Waals surface area (Å²) in [7, 11) is 0. The summed E-state index contributed by atoms with van der Waals surface area (Å²) in [6, 6.07) is 0. The zero-order valence-electron chi connectivity index (χ0n) is 13.5. The van der Waals surface area contributed by atoms with Gasteiger partial charge in [-0.1, -0.05) is 0 Å². The van der Waals surface area contributed by atoms with E-state index in [1.54, 1.807) is 6.20 Å². The first-order chi connectivity index (χ1) is 11.3. The van der Waals surface area contributed by atoms with Crippen LogP contribution in [0.4, 0.5) is 0 Å². The molecule has 0 spiro atoms. The second kappa shape index (κ2) is 4.87. The van der Waals surface area contributed by atoms with E-state index >= 15 is 0 Å². The SMILES string of the molecule is CCn1nc2c3c(cncc31)C(=O)[C@@H](C1CN3CCC1CC3)C2. The monoisotopic (exact) mass is 310 g/mol. The molecule has 1 unspecified atom stereocenters. The number of carbonyl (C=O) groups excluding carboxylic acids is 1. The third-order valence-electron chi connectivity index (χ3n) is 6.27. The van der Waals surface area contributed by atoms with Gasteiger partial charge in [0.15, 0.2) is 5.78 Å². The van der Waals surface area contributed by atoms with Gasteiger partial charge in [-0.05, 0) is 44.7 Å². The number of aryl methyl sites for hydroxylation is 1. The van der Waals surface area contributed by atoms with Crippen molar-refractivity contribution in [1.29, 1.82) is 0 Å². The van der Waals surface area contributed by atoms with E-state index in [0.717, 1.165) is 47.6 Å². The molecule has 2 aromatic heterocycles. The Kier molecular flexibility index (Phi) is 2.89. The van der Waals surface area contributed by atoms with E-state index in [1.807, 2.05) is 10.9 Å². The molecule has 3 aliphatic heterocycles. The summed E-state index contributed by atoms with van der Waals surface area (Å²) in [4.78, 5) is 20.0. The lowest BCUT2D eigenvalue weighted by atomic mass is 9.67. The molecule has 3 fully saturated rings. The van der Waals surface area contributed by atoms with E-state index in [0.29, 0.717) is 11.7 Å². The first-order valence-electron chi connectivity index (χ1n) is 8.86. The Bertz CT molecular complexity index is 788. The van der Waals surface area contributed by atoms with Gasteiger partial charge in [-0.2, -0.15) is 5.10 Å². The van der Waals surface area contributed by atoms with Crippen molar-refractivity contribution in [1.82, 2.24) is 19.7 Å². The number of piperidine rings is 3. The predicted molar refractivity (Wildman–Crippen MR) is 87.4 cm³/mol. The zero-order valence-corrected chi connectivity index (χ0v) is 13.5. The number of pyridine rings is 1. The van der Waals surface area contributed by atoms with E-state index in [-0.39, 0.29) is 5.92 Å². The molecule has 2 aromatic rings. The summed E-state index contributed by atoms with van der Waals surface area (Å²) in [5.74, 6) is 1.63. The smallest absolute Gasteiger partial charge is 0.168 e. The van der Waals surface area contributed by atoms with Gasteiger partial charge in [0, 0.05) is 42.6 Å². The lowest BCUT2D eigenvalue weighted by Crippen LogP contribution is -2.51. The van der Waals surface area contributed by atoms with Gasteiger partial charge in [-0.3, -0.25) is 14.5 Å². The van der Waals surface area contributed by atoms with Gasteiger partial charge in [-0.25, -0.2) is 0 Å². The highest BCUT2D eigenvalue weighted by molar-refractivity contribution is 6.11. The third kappa shape index (κ3) is 1.86. The minimum atomic E-state index is 0.100. The van der Waals surface area contributed by atoms with Gasteiger partial charge >= 0.3 is 0 Å². The molecule has 2 atom stereocenters. The predicted octanol–water partition coefficient (Wildman–Crippen LogP) is 2.15. The maximum atomic E-state index is 13.2. The Balaban J connectivity index is 1.59. The van der Waals surface area contributed by atoms with Gasteiger partial charge in [0.05, 0.1) is 17.4 Å². The number of rotatable bonds is 2. The first-order valence-corrected chi connectivity index (χ1v) is 8.86. The molecule has 0 radical (unpaired) electrons. The van der Waals surface area contributed by atoms with Crippen molar-refractivity contribution in [2.45, 2.75) is 32.7 Å². The fourth-order valence-corrected chi connectivity index (χ4v) is 5.08. The Labute approximate surface area is 135 Å². The number of carbonyl (C=O) groups is 1. The van der Waals surface area contributed by atoms with Crippen LogP contribution in [0.15, 0.2) is 12.4 Å². The van der Waals surface area contributed by atoms with Gasteiger partial charge < -0.3 is 4.90 Å². The summed E-state index contributed by atoms with van der Waals surface area (Å²) >= 11 is 0. The molecule has 3 saturated heterocycles. The van der Waals surface area contributed by atoms with Crippen LogP contribution in [0.2, 0.25) is 0 Å². The lowest BCUT2D eigenvalue weighted by Gasteiger charge is -2.47. The van der Waals surface area contributed by atoms with Gasteiger partial charge in [0.1, 0.15) is 0 Å². The molecule has 23 heavy (non-hydrogen) atoms. The van der Waals surface area contributed by atoms with E-state index in [9.17, 15) is 4.79 Å². The van der Waals surface area contributed by atoms with E-state index in [1.165, 1.54) is 25.9 Å². The average molecular weight is 310 g/mol. The molecule has 1 aliphatic carbocycles. The Morgan fingerprint density at radius 3 is 2.78 bits per heavy atom. The molecule has 0 amide bonds.